The molecule has 0 aliphatic heterocycles. The number of carbonyl (C=O) groups is 2. The van der Waals surface area contributed by atoms with Crippen molar-refractivity contribution in [3.05, 3.63) is 65.7 Å². The molecule has 0 unspecified atom stereocenters. The van der Waals surface area contributed by atoms with Gasteiger partial charge in [0.2, 0.25) is 5.91 Å². The Bertz CT molecular complexity index is 717. The first-order valence-electron chi connectivity index (χ1n) is 9.15. The molecular formula is C21H28N4O2. The molecule has 0 heterocycles. The molecule has 2 rings (SSSR count). The minimum absolute atomic E-state index is 0.0335. The average molecular weight is 368 g/mol. The van der Waals surface area contributed by atoms with Crippen molar-refractivity contribution >= 4 is 17.6 Å². The lowest BCUT2D eigenvalue weighted by molar-refractivity contribution is -0.120. The lowest BCUT2D eigenvalue weighted by Gasteiger charge is -2.19. The molecule has 0 saturated heterocycles. The van der Waals surface area contributed by atoms with E-state index in [1.165, 1.54) is 5.56 Å². The van der Waals surface area contributed by atoms with E-state index in [0.29, 0.717) is 13.1 Å². The maximum Gasteiger partial charge on any atom is 0.315 e. The SMILES string of the molecule is Cc1ccc(CNC(=O)NCC(=O)NCCCN(C)c2ccccc2)cc1. The van der Waals surface area contributed by atoms with Crippen LogP contribution in [-0.4, -0.2) is 38.6 Å². The van der Waals surface area contributed by atoms with E-state index in [1.807, 2.05) is 56.4 Å². The second-order valence-electron chi connectivity index (χ2n) is 6.48. The number of rotatable bonds is 9. The maximum atomic E-state index is 11.8. The van der Waals surface area contributed by atoms with Crippen molar-refractivity contribution < 1.29 is 9.59 Å². The molecule has 0 spiro atoms. The van der Waals surface area contributed by atoms with Gasteiger partial charge in [0.05, 0.1) is 6.54 Å². The molecule has 0 saturated carbocycles. The van der Waals surface area contributed by atoms with Crippen molar-refractivity contribution in [3.63, 3.8) is 0 Å². The van der Waals surface area contributed by atoms with Crippen molar-refractivity contribution in [1.29, 1.82) is 0 Å². The molecule has 6 nitrogen and oxygen atoms in total. The maximum absolute atomic E-state index is 11.8. The van der Waals surface area contributed by atoms with Gasteiger partial charge in [-0.3, -0.25) is 4.79 Å². The quantitative estimate of drug-likeness (QED) is 0.595. The van der Waals surface area contributed by atoms with Gasteiger partial charge in [-0.05, 0) is 31.0 Å². The van der Waals surface area contributed by atoms with Crippen LogP contribution >= 0.6 is 0 Å². The number of anilines is 1. The minimum Gasteiger partial charge on any atom is -0.375 e. The standard InChI is InChI=1S/C21H28N4O2/c1-17-9-11-18(12-10-17)15-23-21(27)24-16-20(26)22-13-6-14-25(2)19-7-4-3-5-8-19/h3-5,7-12H,6,13-16H2,1-2H3,(H,22,26)(H2,23,24,27). The molecule has 2 aromatic rings. The van der Waals surface area contributed by atoms with Gasteiger partial charge in [0, 0.05) is 32.4 Å². The lowest BCUT2D eigenvalue weighted by atomic mass is 10.1. The van der Waals surface area contributed by atoms with E-state index in [2.05, 4.69) is 33.0 Å². The molecule has 3 amide bonds. The van der Waals surface area contributed by atoms with Crippen molar-refractivity contribution in [1.82, 2.24) is 16.0 Å². The molecule has 0 radical (unpaired) electrons. The van der Waals surface area contributed by atoms with Gasteiger partial charge in [0.1, 0.15) is 0 Å². The summed E-state index contributed by atoms with van der Waals surface area (Å²) < 4.78 is 0. The molecule has 0 bridgehead atoms. The van der Waals surface area contributed by atoms with Crippen LogP contribution in [0.4, 0.5) is 10.5 Å². The Morgan fingerprint density at radius 2 is 1.63 bits per heavy atom. The molecule has 0 atom stereocenters. The van der Waals surface area contributed by atoms with Gasteiger partial charge >= 0.3 is 6.03 Å². The number of nitrogens with one attached hydrogen (secondary N) is 3. The Balaban J connectivity index is 1.55. The van der Waals surface area contributed by atoms with E-state index in [9.17, 15) is 9.59 Å². The Labute approximate surface area is 161 Å². The fourth-order valence-corrected chi connectivity index (χ4v) is 2.53. The number of hydrogen-bond donors (Lipinski definition) is 3. The van der Waals surface area contributed by atoms with Crippen molar-refractivity contribution in [2.24, 2.45) is 0 Å². The summed E-state index contributed by atoms with van der Waals surface area (Å²) in [7, 11) is 2.02. The molecule has 2 aromatic carbocycles. The third-order valence-electron chi connectivity index (χ3n) is 4.17. The van der Waals surface area contributed by atoms with Crippen LogP contribution in [0, 0.1) is 6.92 Å². The lowest BCUT2D eigenvalue weighted by Crippen LogP contribution is -2.42. The number of carbonyl (C=O) groups excluding carboxylic acids is 2. The minimum atomic E-state index is -0.352. The van der Waals surface area contributed by atoms with Crippen LogP contribution in [0.2, 0.25) is 0 Å². The van der Waals surface area contributed by atoms with Crippen molar-refractivity contribution in [3.8, 4) is 0 Å². The third-order valence-corrected chi connectivity index (χ3v) is 4.17. The van der Waals surface area contributed by atoms with Crippen LogP contribution in [-0.2, 0) is 11.3 Å². The van der Waals surface area contributed by atoms with Gasteiger partial charge in [-0.15, -0.1) is 0 Å². The molecule has 3 N–H and O–H groups in total. The van der Waals surface area contributed by atoms with Gasteiger partial charge in [-0.1, -0.05) is 48.0 Å². The highest BCUT2D eigenvalue weighted by Crippen LogP contribution is 2.10. The summed E-state index contributed by atoms with van der Waals surface area (Å²) in [5.41, 5.74) is 3.34. The molecule has 0 fully saturated rings. The topological polar surface area (TPSA) is 73.5 Å². The third kappa shape index (κ3) is 7.81. The number of aryl methyl sites for hydroxylation is 1. The van der Waals surface area contributed by atoms with Crippen LogP contribution in [0.15, 0.2) is 54.6 Å². The van der Waals surface area contributed by atoms with Crippen LogP contribution in [0.1, 0.15) is 17.5 Å². The number of hydrogen-bond acceptors (Lipinski definition) is 3. The fraction of sp³-hybridized carbons (Fsp3) is 0.333. The highest BCUT2D eigenvalue weighted by molar-refractivity contribution is 5.83. The number of nitrogens with zero attached hydrogens (tertiary/aromatic N) is 1. The zero-order valence-corrected chi connectivity index (χ0v) is 16.0. The first kappa shape index (κ1) is 20.3. The number of amides is 3. The molecule has 27 heavy (non-hydrogen) atoms. The van der Waals surface area contributed by atoms with E-state index < -0.39 is 0 Å². The van der Waals surface area contributed by atoms with Crippen LogP contribution in [0.3, 0.4) is 0 Å². The first-order chi connectivity index (χ1) is 13.0. The Hall–Kier alpha value is -3.02. The molecule has 0 aromatic heterocycles. The highest BCUT2D eigenvalue weighted by Gasteiger charge is 2.05. The summed E-state index contributed by atoms with van der Waals surface area (Å²) in [6, 6.07) is 17.7. The van der Waals surface area contributed by atoms with E-state index in [1.54, 1.807) is 0 Å². The van der Waals surface area contributed by atoms with E-state index in [4.69, 9.17) is 0 Å². The first-order valence-corrected chi connectivity index (χ1v) is 9.15. The summed E-state index contributed by atoms with van der Waals surface area (Å²) >= 11 is 0. The Kier molecular flexibility index (Phi) is 8.16. The summed E-state index contributed by atoms with van der Waals surface area (Å²) in [4.78, 5) is 25.7. The molecular weight excluding hydrogens is 340 g/mol. The number of benzene rings is 2. The van der Waals surface area contributed by atoms with Gasteiger partial charge in [-0.2, -0.15) is 0 Å². The zero-order valence-electron chi connectivity index (χ0n) is 16.0. The summed E-state index contributed by atoms with van der Waals surface area (Å²) in [6.45, 7) is 3.83. The highest BCUT2D eigenvalue weighted by atomic mass is 16.2. The zero-order chi connectivity index (χ0) is 19.5. The molecule has 0 aliphatic rings. The second-order valence-corrected chi connectivity index (χ2v) is 6.48. The smallest absolute Gasteiger partial charge is 0.315 e. The second kappa shape index (κ2) is 10.9. The van der Waals surface area contributed by atoms with Crippen LogP contribution in [0.25, 0.3) is 0 Å². The molecule has 6 heteroatoms. The van der Waals surface area contributed by atoms with Crippen molar-refractivity contribution in [2.75, 3.05) is 31.6 Å². The number of para-hydroxylation sites is 1. The van der Waals surface area contributed by atoms with Gasteiger partial charge in [0.25, 0.3) is 0 Å². The average Bonchev–Trinajstić information content (AvgIpc) is 2.69. The van der Waals surface area contributed by atoms with Crippen molar-refractivity contribution in [2.45, 2.75) is 19.9 Å². The van der Waals surface area contributed by atoms with Crippen LogP contribution in [0.5, 0.6) is 0 Å². The fourth-order valence-electron chi connectivity index (χ4n) is 2.53. The normalized spacial score (nSPS) is 10.1. The predicted molar refractivity (Wildman–Crippen MR) is 109 cm³/mol. The summed E-state index contributed by atoms with van der Waals surface area (Å²) in [5, 5.41) is 8.12. The van der Waals surface area contributed by atoms with Crippen LogP contribution < -0.4 is 20.9 Å². The summed E-state index contributed by atoms with van der Waals surface area (Å²) in [6.07, 6.45) is 0.830. The van der Waals surface area contributed by atoms with Gasteiger partial charge < -0.3 is 20.9 Å². The summed E-state index contributed by atoms with van der Waals surface area (Å²) in [5.74, 6) is -0.192. The van der Waals surface area contributed by atoms with E-state index in [0.717, 1.165) is 24.2 Å². The Morgan fingerprint density at radius 3 is 2.33 bits per heavy atom. The largest absolute Gasteiger partial charge is 0.375 e. The van der Waals surface area contributed by atoms with E-state index >= 15 is 0 Å². The van der Waals surface area contributed by atoms with E-state index in [-0.39, 0.29) is 18.5 Å². The Morgan fingerprint density at radius 1 is 0.926 bits per heavy atom. The number of urea groups is 1. The molecule has 144 valence electrons. The van der Waals surface area contributed by atoms with Gasteiger partial charge in [-0.25, -0.2) is 4.79 Å². The molecule has 0 aliphatic carbocycles. The predicted octanol–water partition coefficient (Wildman–Crippen LogP) is 2.44. The monoisotopic (exact) mass is 368 g/mol. The van der Waals surface area contributed by atoms with Gasteiger partial charge in [0.15, 0.2) is 0 Å².